The van der Waals surface area contributed by atoms with E-state index in [9.17, 15) is 0 Å². The molecule has 4 aromatic heterocycles. The van der Waals surface area contributed by atoms with Gasteiger partial charge < -0.3 is 10.1 Å². The van der Waals surface area contributed by atoms with Crippen LogP contribution >= 0.6 is 0 Å². The van der Waals surface area contributed by atoms with Crippen LogP contribution in [0, 0.1) is 0 Å². The van der Waals surface area contributed by atoms with Gasteiger partial charge in [0.15, 0.2) is 0 Å². The first-order valence-corrected chi connectivity index (χ1v) is 19.9. The van der Waals surface area contributed by atoms with E-state index in [0.717, 1.165) is 54.5 Å². The van der Waals surface area contributed by atoms with Gasteiger partial charge in [0.1, 0.15) is 5.75 Å². The maximum absolute atomic E-state index is 6.53. The van der Waals surface area contributed by atoms with Crippen molar-refractivity contribution in [3.63, 3.8) is 0 Å². The predicted molar refractivity (Wildman–Crippen MR) is 228 cm³/mol. The zero-order valence-corrected chi connectivity index (χ0v) is 32.5. The zero-order valence-electron chi connectivity index (χ0n) is 32.5. The third-order valence-corrected chi connectivity index (χ3v) is 9.69. The Morgan fingerprint density at radius 1 is 0.421 bits per heavy atom. The topological polar surface area (TPSA) is 79.3 Å². The molecule has 0 fully saturated rings. The standard InChI is InChI=1S/C49H51N7O/c1-2-14-43(15-3-1)44-22-20-40(21-23-44)33-50-24-12-13-29-57-49-31-41(34-55(36-45-16-4-8-25-51-45)37-46-17-5-9-26-52-46)30-42(32-49)35-56(38-47-18-6-10-27-53-47)39-48-19-7-11-28-54-48/h1-11,14-23,25-28,30-32,50H,12-13,24,29,33-39H2. The molecule has 0 atom stereocenters. The van der Waals surface area contributed by atoms with Crippen molar-refractivity contribution in [1.82, 2.24) is 35.1 Å². The highest BCUT2D eigenvalue weighted by molar-refractivity contribution is 5.63. The van der Waals surface area contributed by atoms with Crippen molar-refractivity contribution in [2.75, 3.05) is 13.2 Å². The normalized spacial score (nSPS) is 11.3. The average Bonchev–Trinajstić information content (AvgIpc) is 3.25. The molecule has 7 rings (SSSR count). The molecule has 0 aliphatic heterocycles. The minimum Gasteiger partial charge on any atom is -0.494 e. The second-order valence-corrected chi connectivity index (χ2v) is 14.4. The third kappa shape index (κ3) is 13.0. The van der Waals surface area contributed by atoms with E-state index in [1.165, 1.54) is 27.8 Å². The quantitative estimate of drug-likeness (QED) is 0.0728. The molecule has 57 heavy (non-hydrogen) atoms. The molecule has 0 unspecified atom stereocenters. The number of nitrogens with zero attached hydrogens (tertiary/aromatic N) is 6. The van der Waals surface area contributed by atoms with E-state index in [1.807, 2.05) is 73.3 Å². The highest BCUT2D eigenvalue weighted by Gasteiger charge is 2.15. The molecule has 288 valence electrons. The molecule has 7 aromatic rings. The Kier molecular flexibility index (Phi) is 14.6. The van der Waals surface area contributed by atoms with Crippen LogP contribution in [0.5, 0.6) is 5.75 Å². The lowest BCUT2D eigenvalue weighted by atomic mass is 10.0. The molecule has 0 radical (unpaired) electrons. The molecule has 8 heteroatoms. The molecule has 0 bridgehead atoms. The van der Waals surface area contributed by atoms with Crippen molar-refractivity contribution in [2.24, 2.45) is 0 Å². The van der Waals surface area contributed by atoms with Crippen molar-refractivity contribution < 1.29 is 4.74 Å². The van der Waals surface area contributed by atoms with E-state index in [0.29, 0.717) is 45.9 Å². The highest BCUT2D eigenvalue weighted by atomic mass is 16.5. The molecular weight excluding hydrogens is 703 g/mol. The predicted octanol–water partition coefficient (Wildman–Crippen LogP) is 9.29. The van der Waals surface area contributed by atoms with Crippen LogP contribution in [0.3, 0.4) is 0 Å². The Morgan fingerprint density at radius 3 is 1.33 bits per heavy atom. The van der Waals surface area contributed by atoms with Gasteiger partial charge in [-0.2, -0.15) is 0 Å². The van der Waals surface area contributed by atoms with E-state index in [1.54, 1.807) is 0 Å². The SMILES string of the molecule is c1ccc(-c2ccc(CNCCCCOc3cc(CN(Cc4ccccn4)Cc4ccccn4)cc(CN(Cc4ccccn4)Cc4ccccn4)c3)cc2)cc1. The summed E-state index contributed by atoms with van der Waals surface area (Å²) in [4.78, 5) is 23.4. The molecule has 0 aliphatic carbocycles. The fourth-order valence-corrected chi connectivity index (χ4v) is 6.95. The largest absolute Gasteiger partial charge is 0.494 e. The monoisotopic (exact) mass is 753 g/mol. The summed E-state index contributed by atoms with van der Waals surface area (Å²) in [5.41, 5.74) is 10.2. The molecule has 0 aliphatic rings. The second-order valence-electron chi connectivity index (χ2n) is 14.4. The van der Waals surface area contributed by atoms with Crippen LogP contribution in [-0.4, -0.2) is 42.9 Å². The number of benzene rings is 3. The lowest BCUT2D eigenvalue weighted by Crippen LogP contribution is -2.25. The van der Waals surface area contributed by atoms with Crippen LogP contribution in [0.15, 0.2) is 170 Å². The van der Waals surface area contributed by atoms with Gasteiger partial charge in [-0.1, -0.05) is 84.9 Å². The molecule has 0 saturated heterocycles. The maximum Gasteiger partial charge on any atom is 0.119 e. The van der Waals surface area contributed by atoms with E-state index >= 15 is 0 Å². The lowest BCUT2D eigenvalue weighted by molar-refractivity contribution is 0.236. The van der Waals surface area contributed by atoms with Crippen molar-refractivity contribution in [1.29, 1.82) is 0 Å². The van der Waals surface area contributed by atoms with Crippen LogP contribution in [-0.2, 0) is 45.8 Å². The summed E-state index contributed by atoms with van der Waals surface area (Å²) in [7, 11) is 0. The molecule has 0 spiro atoms. The summed E-state index contributed by atoms with van der Waals surface area (Å²) >= 11 is 0. The van der Waals surface area contributed by atoms with Gasteiger partial charge in [0.25, 0.3) is 0 Å². The Labute approximate surface area is 337 Å². The number of aromatic nitrogens is 4. The number of rotatable bonds is 21. The minimum absolute atomic E-state index is 0.646. The smallest absolute Gasteiger partial charge is 0.119 e. The molecule has 1 N–H and O–H groups in total. The van der Waals surface area contributed by atoms with Gasteiger partial charge in [0.2, 0.25) is 0 Å². The van der Waals surface area contributed by atoms with Gasteiger partial charge >= 0.3 is 0 Å². The number of unbranched alkanes of at least 4 members (excludes halogenated alkanes) is 1. The lowest BCUT2D eigenvalue weighted by Gasteiger charge is -2.25. The molecule has 3 aromatic carbocycles. The number of ether oxygens (including phenoxy) is 1. The first kappa shape index (κ1) is 39.2. The number of hydrogen-bond acceptors (Lipinski definition) is 8. The van der Waals surface area contributed by atoms with E-state index < -0.39 is 0 Å². The zero-order chi connectivity index (χ0) is 38.7. The fourth-order valence-electron chi connectivity index (χ4n) is 6.95. The molecule has 8 nitrogen and oxygen atoms in total. The van der Waals surface area contributed by atoms with Gasteiger partial charge in [0.05, 0.1) is 29.4 Å². The first-order valence-electron chi connectivity index (χ1n) is 19.9. The maximum atomic E-state index is 6.53. The Hall–Kier alpha value is -6.06. The van der Waals surface area contributed by atoms with E-state index in [2.05, 4.69) is 132 Å². The summed E-state index contributed by atoms with van der Waals surface area (Å²) in [6, 6.07) is 50.4. The van der Waals surface area contributed by atoms with Crippen molar-refractivity contribution in [3.8, 4) is 16.9 Å². The highest BCUT2D eigenvalue weighted by Crippen LogP contribution is 2.24. The average molecular weight is 754 g/mol. The van der Waals surface area contributed by atoms with Gasteiger partial charge in [0, 0.05) is 70.6 Å². The van der Waals surface area contributed by atoms with E-state index in [-0.39, 0.29) is 0 Å². The van der Waals surface area contributed by atoms with Gasteiger partial charge in [-0.25, -0.2) is 0 Å². The third-order valence-electron chi connectivity index (χ3n) is 9.69. The van der Waals surface area contributed by atoms with Crippen LogP contribution in [0.25, 0.3) is 11.1 Å². The summed E-state index contributed by atoms with van der Waals surface area (Å²) in [5.74, 6) is 0.889. The number of pyridine rings is 4. The van der Waals surface area contributed by atoms with Gasteiger partial charge in [-0.05, 0) is 108 Å². The van der Waals surface area contributed by atoms with Gasteiger partial charge in [-0.3, -0.25) is 29.7 Å². The number of nitrogens with one attached hydrogen (secondary N) is 1. The van der Waals surface area contributed by atoms with Crippen LogP contribution in [0.2, 0.25) is 0 Å². The van der Waals surface area contributed by atoms with Crippen LogP contribution in [0.1, 0.15) is 52.3 Å². The first-order chi connectivity index (χ1) is 28.2. The Morgan fingerprint density at radius 2 is 0.877 bits per heavy atom. The van der Waals surface area contributed by atoms with Gasteiger partial charge in [-0.15, -0.1) is 0 Å². The summed E-state index contributed by atoms with van der Waals surface area (Å²) < 4.78 is 6.53. The Bertz CT molecular complexity index is 1980. The summed E-state index contributed by atoms with van der Waals surface area (Å²) in [6.45, 7) is 6.67. The molecule has 4 heterocycles. The van der Waals surface area contributed by atoms with E-state index in [4.69, 9.17) is 4.74 Å². The second kappa shape index (κ2) is 21.3. The van der Waals surface area contributed by atoms with Crippen molar-refractivity contribution >= 4 is 0 Å². The fraction of sp³-hybridized carbons (Fsp3) is 0.224. The molecular formula is C49H51N7O. The molecule has 0 saturated carbocycles. The van der Waals surface area contributed by atoms with Crippen LogP contribution in [0.4, 0.5) is 0 Å². The Balaban J connectivity index is 1.02. The summed E-state index contributed by atoms with van der Waals surface area (Å²) in [6.07, 6.45) is 9.42. The van der Waals surface area contributed by atoms with Crippen LogP contribution < -0.4 is 10.1 Å². The number of hydrogen-bond donors (Lipinski definition) is 1. The molecule has 0 amide bonds. The van der Waals surface area contributed by atoms with Crippen molar-refractivity contribution in [2.45, 2.75) is 58.7 Å². The summed E-state index contributed by atoms with van der Waals surface area (Å²) in [5, 5.41) is 3.61. The minimum atomic E-state index is 0.646. The van der Waals surface area contributed by atoms with Crippen molar-refractivity contribution in [3.05, 3.63) is 210 Å².